The van der Waals surface area contributed by atoms with Crippen LogP contribution in [0.15, 0.2) is 48.0 Å². The average molecular weight is 386 g/mol. The van der Waals surface area contributed by atoms with E-state index in [2.05, 4.69) is 5.32 Å². The van der Waals surface area contributed by atoms with Gasteiger partial charge in [0.15, 0.2) is 0 Å². The molecule has 3 rings (SSSR count). The van der Waals surface area contributed by atoms with E-state index in [1.807, 2.05) is 0 Å². The highest BCUT2D eigenvalue weighted by Gasteiger charge is 2.37. The standard InChI is InChI=1S/C18H12ClN3O5/c1-10-3-2-4-12(7-10)21-17(24)14(16(23)20-18(21)25)9-11-8-13(22(26)27)5-6-15(11)19/h2-9H,1H3,(H,20,23,25)/b14-9+. The molecule has 0 bridgehead atoms. The molecule has 1 heterocycles. The minimum Gasteiger partial charge on any atom is -0.273 e. The maximum absolute atomic E-state index is 12.8. The van der Waals surface area contributed by atoms with E-state index in [-0.39, 0.29) is 21.8 Å². The zero-order chi connectivity index (χ0) is 19.7. The number of anilines is 1. The molecular formula is C18H12ClN3O5. The van der Waals surface area contributed by atoms with E-state index in [9.17, 15) is 24.5 Å². The zero-order valence-corrected chi connectivity index (χ0v) is 14.7. The lowest BCUT2D eigenvalue weighted by Gasteiger charge is -2.26. The number of nitro benzene ring substituents is 1. The van der Waals surface area contributed by atoms with Crippen LogP contribution in [0.2, 0.25) is 5.02 Å². The number of halogens is 1. The van der Waals surface area contributed by atoms with Crippen LogP contribution in [-0.2, 0) is 9.59 Å². The van der Waals surface area contributed by atoms with Gasteiger partial charge in [0, 0.05) is 22.7 Å². The summed E-state index contributed by atoms with van der Waals surface area (Å²) in [4.78, 5) is 48.3. The van der Waals surface area contributed by atoms with Gasteiger partial charge >= 0.3 is 6.03 Å². The lowest BCUT2D eigenvalue weighted by atomic mass is 10.1. The summed E-state index contributed by atoms with van der Waals surface area (Å²) >= 11 is 6.03. The number of rotatable bonds is 3. The number of benzene rings is 2. The van der Waals surface area contributed by atoms with Crippen LogP contribution in [-0.4, -0.2) is 22.8 Å². The number of hydrogen-bond acceptors (Lipinski definition) is 5. The Morgan fingerprint density at radius 1 is 1.15 bits per heavy atom. The molecule has 0 spiro atoms. The topological polar surface area (TPSA) is 110 Å². The van der Waals surface area contributed by atoms with Crippen LogP contribution < -0.4 is 10.2 Å². The minimum atomic E-state index is -0.906. The first kappa shape index (κ1) is 18.3. The molecule has 0 unspecified atom stereocenters. The Morgan fingerprint density at radius 3 is 2.56 bits per heavy atom. The van der Waals surface area contributed by atoms with E-state index in [0.717, 1.165) is 22.6 Å². The van der Waals surface area contributed by atoms with Crippen molar-refractivity contribution in [2.75, 3.05) is 4.90 Å². The normalized spacial score (nSPS) is 15.9. The first-order valence-electron chi connectivity index (χ1n) is 7.70. The number of non-ortho nitro benzene ring substituents is 1. The lowest BCUT2D eigenvalue weighted by molar-refractivity contribution is -0.384. The van der Waals surface area contributed by atoms with Crippen LogP contribution in [0.25, 0.3) is 6.08 Å². The molecule has 1 aliphatic rings. The van der Waals surface area contributed by atoms with Gasteiger partial charge in [-0.3, -0.25) is 25.0 Å². The number of hydrogen-bond donors (Lipinski definition) is 1. The Bertz CT molecular complexity index is 1030. The number of urea groups is 1. The largest absolute Gasteiger partial charge is 0.335 e. The van der Waals surface area contributed by atoms with E-state index in [1.165, 1.54) is 12.1 Å². The van der Waals surface area contributed by atoms with Gasteiger partial charge in [0.2, 0.25) is 0 Å². The van der Waals surface area contributed by atoms with Crippen LogP contribution in [0.5, 0.6) is 0 Å². The van der Waals surface area contributed by atoms with Crippen LogP contribution in [0, 0.1) is 17.0 Å². The zero-order valence-electron chi connectivity index (χ0n) is 13.9. The number of aryl methyl sites for hydroxylation is 1. The van der Waals surface area contributed by atoms with Crippen molar-refractivity contribution in [1.29, 1.82) is 0 Å². The molecule has 0 aliphatic carbocycles. The van der Waals surface area contributed by atoms with Gasteiger partial charge in [0.05, 0.1) is 10.6 Å². The van der Waals surface area contributed by atoms with Crippen molar-refractivity contribution in [2.24, 2.45) is 0 Å². The van der Waals surface area contributed by atoms with Gasteiger partial charge in [-0.25, -0.2) is 9.69 Å². The second-order valence-electron chi connectivity index (χ2n) is 5.76. The molecule has 9 heteroatoms. The highest BCUT2D eigenvalue weighted by molar-refractivity contribution is 6.39. The highest BCUT2D eigenvalue weighted by Crippen LogP contribution is 2.27. The molecule has 1 aliphatic heterocycles. The third kappa shape index (κ3) is 3.56. The van der Waals surface area contributed by atoms with E-state index in [0.29, 0.717) is 5.69 Å². The Labute approximate surface area is 158 Å². The van der Waals surface area contributed by atoms with Crippen LogP contribution in [0.4, 0.5) is 16.2 Å². The molecule has 0 atom stereocenters. The lowest BCUT2D eigenvalue weighted by Crippen LogP contribution is -2.54. The molecule has 8 nitrogen and oxygen atoms in total. The molecule has 1 N–H and O–H groups in total. The molecule has 4 amide bonds. The second-order valence-corrected chi connectivity index (χ2v) is 6.17. The molecule has 0 radical (unpaired) electrons. The van der Waals surface area contributed by atoms with Crippen molar-refractivity contribution in [2.45, 2.75) is 6.92 Å². The van der Waals surface area contributed by atoms with Crippen molar-refractivity contribution in [3.63, 3.8) is 0 Å². The number of nitro groups is 1. The highest BCUT2D eigenvalue weighted by atomic mass is 35.5. The van der Waals surface area contributed by atoms with Crippen LogP contribution >= 0.6 is 11.6 Å². The van der Waals surface area contributed by atoms with Crippen molar-refractivity contribution < 1.29 is 19.3 Å². The molecule has 2 aromatic rings. The molecule has 2 aromatic carbocycles. The summed E-state index contributed by atoms with van der Waals surface area (Å²) in [5.41, 5.74) is 0.612. The monoisotopic (exact) mass is 385 g/mol. The molecular weight excluding hydrogens is 374 g/mol. The third-order valence-electron chi connectivity index (χ3n) is 3.85. The van der Waals surface area contributed by atoms with Gasteiger partial charge in [-0.2, -0.15) is 0 Å². The summed E-state index contributed by atoms with van der Waals surface area (Å²) < 4.78 is 0. The van der Waals surface area contributed by atoms with E-state index in [4.69, 9.17) is 11.6 Å². The van der Waals surface area contributed by atoms with E-state index < -0.39 is 22.8 Å². The van der Waals surface area contributed by atoms with Gasteiger partial charge in [-0.1, -0.05) is 23.7 Å². The molecule has 1 saturated heterocycles. The maximum Gasteiger partial charge on any atom is 0.335 e. The van der Waals surface area contributed by atoms with Gasteiger partial charge in [0.25, 0.3) is 17.5 Å². The number of carbonyl (C=O) groups is 3. The Hall–Kier alpha value is -3.52. The van der Waals surface area contributed by atoms with Gasteiger partial charge < -0.3 is 0 Å². The molecule has 0 aromatic heterocycles. The number of barbiturate groups is 1. The molecule has 27 heavy (non-hydrogen) atoms. The first-order valence-corrected chi connectivity index (χ1v) is 8.08. The maximum atomic E-state index is 12.8. The minimum absolute atomic E-state index is 0.114. The predicted molar refractivity (Wildman–Crippen MR) is 98.3 cm³/mol. The number of imide groups is 2. The fourth-order valence-electron chi connectivity index (χ4n) is 2.57. The van der Waals surface area contributed by atoms with Crippen LogP contribution in [0.1, 0.15) is 11.1 Å². The molecule has 0 saturated carbocycles. The van der Waals surface area contributed by atoms with Gasteiger partial charge in [0.1, 0.15) is 5.57 Å². The van der Waals surface area contributed by atoms with Gasteiger partial charge in [-0.15, -0.1) is 0 Å². The second kappa shape index (κ2) is 7.00. The summed E-state index contributed by atoms with van der Waals surface area (Å²) in [6.45, 7) is 1.79. The average Bonchev–Trinajstić information content (AvgIpc) is 2.59. The summed E-state index contributed by atoms with van der Waals surface area (Å²) in [5.74, 6) is -1.76. The van der Waals surface area contributed by atoms with Crippen molar-refractivity contribution in [3.8, 4) is 0 Å². The van der Waals surface area contributed by atoms with E-state index in [1.54, 1.807) is 31.2 Å². The van der Waals surface area contributed by atoms with Crippen molar-refractivity contribution in [3.05, 3.63) is 74.3 Å². The molecule has 136 valence electrons. The van der Waals surface area contributed by atoms with E-state index >= 15 is 0 Å². The SMILES string of the molecule is Cc1cccc(N2C(=O)NC(=O)/C(=C\c3cc([N+](=O)[O-])ccc3Cl)C2=O)c1. The predicted octanol–water partition coefficient (Wildman–Crippen LogP) is 3.22. The summed E-state index contributed by atoms with van der Waals surface area (Å²) in [6, 6.07) is 9.39. The van der Waals surface area contributed by atoms with Crippen LogP contribution in [0.3, 0.4) is 0 Å². The summed E-state index contributed by atoms with van der Waals surface area (Å²) in [6.07, 6.45) is 1.13. The fraction of sp³-hybridized carbons (Fsp3) is 0.0556. The number of carbonyl (C=O) groups excluding carboxylic acids is 3. The first-order chi connectivity index (χ1) is 12.8. The Kier molecular flexibility index (Phi) is 4.74. The summed E-state index contributed by atoms with van der Waals surface area (Å²) in [5, 5.41) is 13.1. The summed E-state index contributed by atoms with van der Waals surface area (Å²) in [7, 11) is 0. The Balaban J connectivity index is 2.07. The molecule has 1 fully saturated rings. The van der Waals surface area contributed by atoms with Crippen molar-refractivity contribution >= 4 is 46.9 Å². The smallest absolute Gasteiger partial charge is 0.273 e. The number of nitrogens with zero attached hydrogens (tertiary/aromatic N) is 2. The van der Waals surface area contributed by atoms with Gasteiger partial charge in [-0.05, 0) is 36.8 Å². The Morgan fingerprint density at radius 2 is 1.89 bits per heavy atom. The fourth-order valence-corrected chi connectivity index (χ4v) is 2.74. The van der Waals surface area contributed by atoms with Crippen molar-refractivity contribution in [1.82, 2.24) is 5.32 Å². The number of nitrogens with one attached hydrogen (secondary N) is 1. The quantitative estimate of drug-likeness (QED) is 0.377. The number of amides is 4. The third-order valence-corrected chi connectivity index (χ3v) is 4.20.